The average molecular weight is 77.0 g/mol. The van der Waals surface area contributed by atoms with Crippen LogP contribution in [0.5, 0.6) is 0 Å². The van der Waals surface area contributed by atoms with Gasteiger partial charge in [0.2, 0.25) is 0 Å². The maximum Gasteiger partial charge on any atom is 0.294 e. The zero-order valence-electron chi connectivity index (χ0n) is 2.67. The maximum absolute atomic E-state index is 8.95. The van der Waals surface area contributed by atoms with E-state index in [0.717, 1.165) is 7.11 Å². The van der Waals surface area contributed by atoms with Crippen LogP contribution in [0.25, 0.3) is 0 Å². The van der Waals surface area contributed by atoms with E-state index in [2.05, 4.69) is 4.84 Å². The van der Waals surface area contributed by atoms with Gasteiger partial charge in [-0.2, -0.15) is 0 Å². The van der Waals surface area contributed by atoms with Gasteiger partial charge in [0.05, 0.1) is 7.11 Å². The molecule has 4 nitrogen and oxygen atoms in total. The SMILES string of the molecule is CO[N+](=O)[O-]. The summed E-state index contributed by atoms with van der Waals surface area (Å²) in [5, 5.41) is 8.08. The number of hydrogen-bond donors (Lipinski definition) is 0. The van der Waals surface area contributed by atoms with Crippen molar-refractivity contribution in [2.75, 3.05) is 7.11 Å². The number of nitrogens with zero attached hydrogens (tertiary/aromatic N) is 1. The van der Waals surface area contributed by atoms with Crippen molar-refractivity contribution in [3.63, 3.8) is 0 Å². The molecule has 0 bridgehead atoms. The zero-order valence-corrected chi connectivity index (χ0v) is 2.67. The average Bonchev–Trinajstić information content (AvgIpc) is 1.38. The van der Waals surface area contributed by atoms with Gasteiger partial charge < -0.3 is 4.84 Å². The van der Waals surface area contributed by atoms with Gasteiger partial charge in [0.15, 0.2) is 0 Å². The van der Waals surface area contributed by atoms with Gasteiger partial charge in [-0.05, 0) is 0 Å². The molecule has 0 aliphatic carbocycles. The second-order valence-electron chi connectivity index (χ2n) is 0.406. The Labute approximate surface area is 28.5 Å². The van der Waals surface area contributed by atoms with Gasteiger partial charge in [0.1, 0.15) is 0 Å². The molecule has 0 saturated heterocycles. The van der Waals surface area contributed by atoms with Gasteiger partial charge >= 0.3 is 0 Å². The van der Waals surface area contributed by atoms with E-state index < -0.39 is 5.09 Å². The van der Waals surface area contributed by atoms with Crippen molar-refractivity contribution in [3.8, 4) is 0 Å². The smallest absolute Gasteiger partial charge is 0.294 e. The van der Waals surface area contributed by atoms with Gasteiger partial charge in [-0.3, -0.25) is 0 Å². The first-order valence-electron chi connectivity index (χ1n) is 0.956. The fraction of sp³-hybridized carbons (Fsp3) is 1.00. The Kier molecular flexibility index (Phi) is 1.27. The van der Waals surface area contributed by atoms with E-state index in [1.165, 1.54) is 0 Å². The Balaban J connectivity index is 2.85. The molecule has 0 radical (unpaired) electrons. The molecule has 0 fully saturated rings. The van der Waals surface area contributed by atoms with E-state index in [1.54, 1.807) is 0 Å². The molecular weight excluding hydrogens is 74.0 g/mol. The summed E-state index contributed by atoms with van der Waals surface area (Å²) in [7, 11) is 1.00. The van der Waals surface area contributed by atoms with Crippen LogP contribution in [0.4, 0.5) is 0 Å². The summed E-state index contributed by atoms with van der Waals surface area (Å²) >= 11 is 0. The van der Waals surface area contributed by atoms with E-state index in [4.69, 9.17) is 10.1 Å². The van der Waals surface area contributed by atoms with Gasteiger partial charge in [0.25, 0.3) is 5.09 Å². The summed E-state index contributed by atoms with van der Waals surface area (Å²) in [6.07, 6.45) is 0. The zero-order chi connectivity index (χ0) is 4.28. The molecule has 0 atom stereocenters. The molecule has 0 heterocycles. The van der Waals surface area contributed by atoms with E-state index in [-0.39, 0.29) is 0 Å². The van der Waals surface area contributed by atoms with Crippen molar-refractivity contribution in [2.45, 2.75) is 0 Å². The molecule has 0 unspecified atom stereocenters. The topological polar surface area (TPSA) is 52.4 Å². The lowest BCUT2D eigenvalue weighted by atomic mass is 11.7. The number of rotatable bonds is 1. The third kappa shape index (κ3) is 3.20. The van der Waals surface area contributed by atoms with E-state index in [1.807, 2.05) is 0 Å². The molecule has 0 N–H and O–H groups in total. The summed E-state index contributed by atoms with van der Waals surface area (Å²) < 4.78 is 0. The Hall–Kier alpha value is -0.800. The van der Waals surface area contributed by atoms with Crippen molar-refractivity contribution >= 4 is 0 Å². The van der Waals surface area contributed by atoms with Gasteiger partial charge in [-0.15, -0.1) is 10.1 Å². The van der Waals surface area contributed by atoms with Crippen molar-refractivity contribution in [1.29, 1.82) is 0 Å². The molecule has 0 aromatic carbocycles. The molecule has 0 spiro atoms. The van der Waals surface area contributed by atoms with Crippen LogP contribution in [0, 0.1) is 10.1 Å². The van der Waals surface area contributed by atoms with Crippen molar-refractivity contribution in [1.82, 2.24) is 0 Å². The molecule has 0 aromatic heterocycles. The largest absolute Gasteiger partial charge is 0.317 e. The first kappa shape index (κ1) is 4.20. The summed E-state index contributed by atoms with van der Waals surface area (Å²) in [4.78, 5) is 12.4. The third-order valence-corrected chi connectivity index (χ3v) is 0.149. The maximum atomic E-state index is 8.95. The molecule has 0 rings (SSSR count). The van der Waals surface area contributed by atoms with Crippen LogP contribution in [-0.2, 0) is 4.84 Å². The molecule has 4 heteroatoms. The summed E-state index contributed by atoms with van der Waals surface area (Å²) in [6.45, 7) is 0. The first-order valence-corrected chi connectivity index (χ1v) is 0.956. The van der Waals surface area contributed by atoms with Gasteiger partial charge in [0, 0.05) is 0 Å². The molecule has 5 heavy (non-hydrogen) atoms. The second-order valence-corrected chi connectivity index (χ2v) is 0.406. The standard InChI is InChI=1S/CH3NO3/c1-5-2(3)4/h1H3. The van der Waals surface area contributed by atoms with Crippen LogP contribution < -0.4 is 0 Å². The lowest BCUT2D eigenvalue weighted by molar-refractivity contribution is -0.749. The van der Waals surface area contributed by atoms with Crippen LogP contribution in [0.3, 0.4) is 0 Å². The fourth-order valence-electron chi connectivity index (χ4n) is 0. The Morgan fingerprint density at radius 3 is 2.20 bits per heavy atom. The molecule has 0 saturated carbocycles. The Morgan fingerprint density at radius 1 is 2.00 bits per heavy atom. The van der Waals surface area contributed by atoms with Crippen LogP contribution in [0.15, 0.2) is 0 Å². The van der Waals surface area contributed by atoms with Crippen LogP contribution in [-0.4, -0.2) is 12.2 Å². The molecule has 0 aromatic rings. The quantitative estimate of drug-likeness (QED) is 0.322. The van der Waals surface area contributed by atoms with Crippen LogP contribution >= 0.6 is 0 Å². The first-order chi connectivity index (χ1) is 2.27. The molecule has 0 amide bonds. The minimum atomic E-state index is -0.875. The highest BCUT2D eigenvalue weighted by Crippen LogP contribution is 1.57. The van der Waals surface area contributed by atoms with Crippen molar-refractivity contribution in [3.05, 3.63) is 10.1 Å². The Morgan fingerprint density at radius 2 is 2.20 bits per heavy atom. The van der Waals surface area contributed by atoms with Crippen molar-refractivity contribution < 1.29 is 9.92 Å². The summed E-state index contributed by atoms with van der Waals surface area (Å²) in [6, 6.07) is 0. The summed E-state index contributed by atoms with van der Waals surface area (Å²) in [5.41, 5.74) is 0. The van der Waals surface area contributed by atoms with Gasteiger partial charge in [-0.1, -0.05) is 0 Å². The normalized spacial score (nSPS) is 6.60. The van der Waals surface area contributed by atoms with E-state index in [9.17, 15) is 0 Å². The van der Waals surface area contributed by atoms with Crippen molar-refractivity contribution in [2.24, 2.45) is 0 Å². The fourth-order valence-corrected chi connectivity index (χ4v) is 0. The van der Waals surface area contributed by atoms with Crippen LogP contribution in [0.1, 0.15) is 0 Å². The minimum absolute atomic E-state index is 0.875. The Bertz CT molecular complexity index is 42.2. The lowest BCUT2D eigenvalue weighted by Crippen LogP contribution is -1.91. The minimum Gasteiger partial charge on any atom is -0.317 e. The second kappa shape index (κ2) is 1.51. The molecule has 0 aliphatic heterocycles. The predicted octanol–water partition coefficient (Wildman–Crippen LogP) is -0.175. The predicted molar refractivity (Wildman–Crippen MR) is 14.0 cm³/mol. The highest BCUT2D eigenvalue weighted by Gasteiger charge is 1.77. The third-order valence-electron chi connectivity index (χ3n) is 0.149. The highest BCUT2D eigenvalue weighted by molar-refractivity contribution is 3.86. The van der Waals surface area contributed by atoms with E-state index in [0.29, 0.717) is 0 Å². The molecular formula is CH3NO3. The van der Waals surface area contributed by atoms with Gasteiger partial charge in [-0.25, -0.2) is 0 Å². The summed E-state index contributed by atoms with van der Waals surface area (Å²) in [5.74, 6) is 0. The molecule has 30 valence electrons. The molecule has 0 aliphatic rings. The number of hydrogen-bond acceptors (Lipinski definition) is 3. The monoisotopic (exact) mass is 77.0 g/mol. The van der Waals surface area contributed by atoms with Crippen LogP contribution in [0.2, 0.25) is 0 Å². The highest BCUT2D eigenvalue weighted by atomic mass is 16.9. The lowest BCUT2D eigenvalue weighted by Gasteiger charge is -1.75. The van der Waals surface area contributed by atoms with E-state index >= 15 is 0 Å².